The summed E-state index contributed by atoms with van der Waals surface area (Å²) in [7, 11) is 1.10. The van der Waals surface area contributed by atoms with Crippen molar-refractivity contribution in [1.82, 2.24) is 0 Å². The van der Waals surface area contributed by atoms with Gasteiger partial charge in [0.25, 0.3) is 0 Å². The number of carbonyl (C=O) groups is 1. The van der Waals surface area contributed by atoms with Gasteiger partial charge in [0.15, 0.2) is 0 Å². The van der Waals surface area contributed by atoms with Crippen LogP contribution in [0.3, 0.4) is 0 Å². The Morgan fingerprint density at radius 3 is 2.53 bits per heavy atom. The molecule has 1 rings (SSSR count). The van der Waals surface area contributed by atoms with E-state index in [1.54, 1.807) is 0 Å². The van der Waals surface area contributed by atoms with Gasteiger partial charge in [-0.05, 0) is 18.2 Å². The first-order valence-electron chi connectivity index (χ1n) is 4.51. The zero-order chi connectivity index (χ0) is 13.2. The van der Waals surface area contributed by atoms with Gasteiger partial charge in [0.1, 0.15) is 11.8 Å². The van der Waals surface area contributed by atoms with E-state index >= 15 is 0 Å². The quantitative estimate of drug-likeness (QED) is 0.783. The van der Waals surface area contributed by atoms with Gasteiger partial charge in [0.05, 0.1) is 12.7 Å². The Bertz CT molecular complexity index is 431. The number of aromatic hydroxyl groups is 1. The minimum atomic E-state index is -4.70. The lowest BCUT2D eigenvalue weighted by Crippen LogP contribution is -2.28. The predicted octanol–water partition coefficient (Wildman–Crippen LogP) is 1.74. The lowest BCUT2D eigenvalue weighted by molar-refractivity contribution is -0.149. The van der Waals surface area contributed by atoms with Crippen LogP contribution in [0.1, 0.15) is 22.0 Å². The van der Waals surface area contributed by atoms with E-state index in [-0.39, 0.29) is 5.56 Å². The van der Waals surface area contributed by atoms with Gasteiger partial charge in [-0.3, -0.25) is 0 Å². The molecule has 1 aromatic carbocycles. The first-order valence-corrected chi connectivity index (χ1v) is 4.51. The topological polar surface area (TPSA) is 72.5 Å². The van der Waals surface area contributed by atoms with Crippen molar-refractivity contribution < 1.29 is 27.8 Å². The highest BCUT2D eigenvalue weighted by molar-refractivity contribution is 5.89. The summed E-state index contributed by atoms with van der Waals surface area (Å²) in [5, 5.41) is 9.29. The van der Waals surface area contributed by atoms with E-state index in [9.17, 15) is 23.1 Å². The highest BCUT2D eigenvalue weighted by Gasteiger charge is 2.39. The van der Waals surface area contributed by atoms with Crippen molar-refractivity contribution in [3.8, 4) is 5.75 Å². The van der Waals surface area contributed by atoms with Gasteiger partial charge in [-0.25, -0.2) is 4.79 Å². The molecule has 1 aromatic rings. The van der Waals surface area contributed by atoms with Crippen LogP contribution < -0.4 is 5.73 Å². The Kier molecular flexibility index (Phi) is 3.62. The molecule has 0 unspecified atom stereocenters. The first kappa shape index (κ1) is 13.3. The lowest BCUT2D eigenvalue weighted by atomic mass is 10.0. The minimum Gasteiger partial charge on any atom is -0.508 e. The van der Waals surface area contributed by atoms with E-state index in [4.69, 9.17) is 5.73 Å². The maximum Gasteiger partial charge on any atom is 0.407 e. The normalized spacial score (nSPS) is 13.2. The number of hydrogen-bond acceptors (Lipinski definition) is 4. The number of benzene rings is 1. The molecule has 94 valence electrons. The third kappa shape index (κ3) is 2.88. The Morgan fingerprint density at radius 2 is 2.06 bits per heavy atom. The Morgan fingerprint density at radius 1 is 1.47 bits per heavy atom. The van der Waals surface area contributed by atoms with E-state index in [1.165, 1.54) is 0 Å². The zero-order valence-electron chi connectivity index (χ0n) is 8.78. The molecule has 3 N–H and O–H groups in total. The molecule has 0 saturated heterocycles. The molecule has 1 atom stereocenters. The molecule has 0 saturated carbocycles. The summed E-state index contributed by atoms with van der Waals surface area (Å²) in [5.41, 5.74) is 4.27. The Labute approximate surface area is 94.8 Å². The van der Waals surface area contributed by atoms with Crippen molar-refractivity contribution in [3.05, 3.63) is 29.3 Å². The number of halogens is 3. The molecule has 0 amide bonds. The largest absolute Gasteiger partial charge is 0.508 e. The SMILES string of the molecule is COC(=O)c1ccc(O)c([C@H](N)C(F)(F)F)c1. The van der Waals surface area contributed by atoms with Crippen molar-refractivity contribution in [3.63, 3.8) is 0 Å². The van der Waals surface area contributed by atoms with Gasteiger partial charge in [-0.1, -0.05) is 0 Å². The summed E-state index contributed by atoms with van der Waals surface area (Å²) >= 11 is 0. The van der Waals surface area contributed by atoms with E-state index in [1.807, 2.05) is 0 Å². The fraction of sp³-hybridized carbons (Fsp3) is 0.300. The maximum absolute atomic E-state index is 12.4. The standard InChI is InChI=1S/C10H10F3NO3/c1-17-9(16)5-2-3-7(15)6(4-5)8(14)10(11,12)13/h2-4,8,15H,14H2,1H3/t8-/m0/s1. The molecule has 4 nitrogen and oxygen atoms in total. The first-order chi connectivity index (χ1) is 7.77. The average molecular weight is 249 g/mol. The second-order valence-corrected chi connectivity index (χ2v) is 3.28. The minimum absolute atomic E-state index is 0.111. The molecule has 0 heterocycles. The van der Waals surface area contributed by atoms with Gasteiger partial charge < -0.3 is 15.6 Å². The summed E-state index contributed by atoms with van der Waals surface area (Å²) < 4.78 is 41.5. The number of ether oxygens (including phenoxy) is 1. The van der Waals surface area contributed by atoms with Crippen LogP contribution >= 0.6 is 0 Å². The van der Waals surface area contributed by atoms with E-state index < -0.39 is 29.5 Å². The van der Waals surface area contributed by atoms with Crippen molar-refractivity contribution in [2.45, 2.75) is 12.2 Å². The van der Waals surface area contributed by atoms with Crippen LogP contribution in [0.2, 0.25) is 0 Å². The Hall–Kier alpha value is -1.76. The average Bonchev–Trinajstić information content (AvgIpc) is 2.26. The molecule has 0 radical (unpaired) electrons. The molecule has 0 fully saturated rings. The molecule has 0 aliphatic rings. The van der Waals surface area contributed by atoms with Crippen LogP contribution in [0.25, 0.3) is 0 Å². The highest BCUT2D eigenvalue weighted by atomic mass is 19.4. The molecule has 7 heteroatoms. The third-order valence-corrected chi connectivity index (χ3v) is 2.14. The number of rotatable bonds is 2. The number of nitrogens with two attached hydrogens (primary N) is 1. The summed E-state index contributed by atoms with van der Waals surface area (Å²) in [6.45, 7) is 0. The number of alkyl halides is 3. The fourth-order valence-corrected chi connectivity index (χ4v) is 1.22. The molecule has 0 aliphatic carbocycles. The fourth-order valence-electron chi connectivity index (χ4n) is 1.22. The van der Waals surface area contributed by atoms with E-state index in [0.717, 1.165) is 25.3 Å². The number of hydrogen-bond donors (Lipinski definition) is 2. The van der Waals surface area contributed by atoms with E-state index in [0.29, 0.717) is 0 Å². The van der Waals surface area contributed by atoms with Crippen molar-refractivity contribution >= 4 is 5.97 Å². The van der Waals surface area contributed by atoms with Crippen LogP contribution in [0, 0.1) is 0 Å². The molecule has 0 spiro atoms. The van der Waals surface area contributed by atoms with Gasteiger partial charge in [0.2, 0.25) is 0 Å². The second kappa shape index (κ2) is 4.62. The van der Waals surface area contributed by atoms with E-state index in [2.05, 4.69) is 4.74 Å². The summed E-state index contributed by atoms with van der Waals surface area (Å²) in [4.78, 5) is 11.1. The molecule has 0 aromatic heterocycles. The number of methoxy groups -OCH3 is 1. The number of esters is 1. The van der Waals surface area contributed by atoms with Crippen LogP contribution in [0.15, 0.2) is 18.2 Å². The summed E-state index contributed by atoms with van der Waals surface area (Å²) in [6, 6.07) is 0.618. The predicted molar refractivity (Wildman–Crippen MR) is 52.4 cm³/mol. The lowest BCUT2D eigenvalue weighted by Gasteiger charge is -2.17. The molecule has 17 heavy (non-hydrogen) atoms. The maximum atomic E-state index is 12.4. The van der Waals surface area contributed by atoms with Crippen LogP contribution in [-0.4, -0.2) is 24.4 Å². The van der Waals surface area contributed by atoms with Crippen LogP contribution in [-0.2, 0) is 4.74 Å². The number of phenols is 1. The summed E-state index contributed by atoms with van der Waals surface area (Å²) in [5.74, 6) is -1.43. The molecule has 0 aliphatic heterocycles. The number of phenolic OH excluding ortho intramolecular Hbond substituents is 1. The molecule has 0 bridgehead atoms. The Balaban J connectivity index is 3.20. The van der Waals surface area contributed by atoms with Crippen molar-refractivity contribution in [1.29, 1.82) is 0 Å². The highest BCUT2D eigenvalue weighted by Crippen LogP contribution is 2.35. The monoisotopic (exact) mass is 249 g/mol. The van der Waals surface area contributed by atoms with Gasteiger partial charge in [-0.2, -0.15) is 13.2 Å². The van der Waals surface area contributed by atoms with Gasteiger partial charge in [0, 0.05) is 5.56 Å². The van der Waals surface area contributed by atoms with Crippen molar-refractivity contribution in [2.75, 3.05) is 7.11 Å². The molecular formula is C10H10F3NO3. The third-order valence-electron chi connectivity index (χ3n) is 2.14. The second-order valence-electron chi connectivity index (χ2n) is 3.28. The van der Waals surface area contributed by atoms with Gasteiger partial charge >= 0.3 is 12.1 Å². The number of carbonyl (C=O) groups excluding carboxylic acids is 1. The molecular weight excluding hydrogens is 239 g/mol. The van der Waals surface area contributed by atoms with Crippen molar-refractivity contribution in [2.24, 2.45) is 5.73 Å². The van der Waals surface area contributed by atoms with Crippen LogP contribution in [0.4, 0.5) is 13.2 Å². The summed E-state index contributed by atoms with van der Waals surface area (Å²) in [6.07, 6.45) is -4.70. The van der Waals surface area contributed by atoms with Crippen LogP contribution in [0.5, 0.6) is 5.75 Å². The van der Waals surface area contributed by atoms with Gasteiger partial charge in [-0.15, -0.1) is 0 Å². The zero-order valence-corrected chi connectivity index (χ0v) is 8.78. The smallest absolute Gasteiger partial charge is 0.407 e.